The lowest BCUT2D eigenvalue weighted by Crippen LogP contribution is -2.11. The number of aromatic amines is 1. The van der Waals surface area contributed by atoms with Crippen molar-refractivity contribution in [3.8, 4) is 6.07 Å². The van der Waals surface area contributed by atoms with Crippen LogP contribution in [0.15, 0.2) is 9.82 Å². The van der Waals surface area contributed by atoms with E-state index in [1.165, 1.54) is 6.92 Å². The molecule has 0 spiro atoms. The number of pyridine rings is 1. The van der Waals surface area contributed by atoms with E-state index in [1.807, 2.05) is 6.07 Å². The van der Waals surface area contributed by atoms with Crippen LogP contribution in [0.25, 0.3) is 4.85 Å². The molecule has 0 saturated heterocycles. The van der Waals surface area contributed by atoms with E-state index in [2.05, 4.69) is 9.83 Å². The van der Waals surface area contributed by atoms with Crippen LogP contribution in [0.1, 0.15) is 11.1 Å². The van der Waals surface area contributed by atoms with E-state index in [0.717, 1.165) is 11.8 Å². The van der Waals surface area contributed by atoms with Crippen LogP contribution < -0.4 is 5.56 Å². The van der Waals surface area contributed by atoms with E-state index in [0.29, 0.717) is 0 Å². The summed E-state index contributed by atoms with van der Waals surface area (Å²) in [5.41, 5.74) is -0.327. The van der Waals surface area contributed by atoms with Gasteiger partial charge in [0, 0.05) is 0 Å². The molecule has 1 rings (SSSR count). The van der Waals surface area contributed by atoms with E-state index in [1.54, 1.807) is 0 Å². The van der Waals surface area contributed by atoms with Crippen molar-refractivity contribution < 1.29 is 9.90 Å². The molecule has 0 aliphatic heterocycles. The first-order valence-electron chi connectivity index (χ1n) is 4.40. The van der Waals surface area contributed by atoms with Crippen LogP contribution in [-0.2, 0) is 4.79 Å². The molecule has 0 saturated carbocycles. The van der Waals surface area contributed by atoms with Gasteiger partial charge in [-0.2, -0.15) is 5.26 Å². The molecule has 1 heterocycles. The molecule has 0 aromatic carbocycles. The molecule has 0 bridgehead atoms. The van der Waals surface area contributed by atoms with Crippen molar-refractivity contribution in [2.75, 3.05) is 5.75 Å². The lowest BCUT2D eigenvalue weighted by atomic mass is 10.1. The van der Waals surface area contributed by atoms with Crippen LogP contribution in [-0.4, -0.2) is 21.8 Å². The zero-order chi connectivity index (χ0) is 13.0. The number of thioether (sulfide) groups is 1. The minimum absolute atomic E-state index is 0.138. The second kappa shape index (κ2) is 5.19. The lowest BCUT2D eigenvalue weighted by Gasteiger charge is -2.05. The van der Waals surface area contributed by atoms with Crippen LogP contribution >= 0.6 is 11.8 Å². The van der Waals surface area contributed by atoms with Gasteiger partial charge >= 0.3 is 5.97 Å². The van der Waals surface area contributed by atoms with Gasteiger partial charge in [-0.15, -0.1) is 0 Å². The average Bonchev–Trinajstić information content (AvgIpc) is 2.26. The molecule has 6 nitrogen and oxygen atoms in total. The van der Waals surface area contributed by atoms with E-state index in [-0.39, 0.29) is 27.6 Å². The Morgan fingerprint density at radius 1 is 1.71 bits per heavy atom. The Balaban J connectivity index is 3.34. The average molecular weight is 249 g/mol. The Bertz CT molecular complexity index is 607. The van der Waals surface area contributed by atoms with Crippen LogP contribution in [0, 0.1) is 24.8 Å². The zero-order valence-corrected chi connectivity index (χ0v) is 9.59. The quantitative estimate of drug-likeness (QED) is 0.621. The summed E-state index contributed by atoms with van der Waals surface area (Å²) in [5.74, 6) is -1.31. The maximum atomic E-state index is 11.5. The van der Waals surface area contributed by atoms with Crippen LogP contribution in [0.5, 0.6) is 0 Å². The van der Waals surface area contributed by atoms with Gasteiger partial charge in [-0.25, -0.2) is 4.85 Å². The Labute approximate surface area is 101 Å². The summed E-state index contributed by atoms with van der Waals surface area (Å²) in [6, 6.07) is 1.86. The number of carboxylic acid groups (broad SMARTS) is 1. The Morgan fingerprint density at radius 3 is 2.82 bits per heavy atom. The minimum atomic E-state index is -1.05. The van der Waals surface area contributed by atoms with Gasteiger partial charge < -0.3 is 10.1 Å². The summed E-state index contributed by atoms with van der Waals surface area (Å²) in [5, 5.41) is 17.7. The van der Waals surface area contributed by atoms with Crippen molar-refractivity contribution in [1.29, 1.82) is 5.26 Å². The molecule has 86 valence electrons. The first-order valence-corrected chi connectivity index (χ1v) is 5.38. The number of carboxylic acids is 1. The number of nitrogens with zero attached hydrogens (tertiary/aromatic N) is 2. The van der Waals surface area contributed by atoms with E-state index >= 15 is 0 Å². The number of nitriles is 1. The van der Waals surface area contributed by atoms with Crippen molar-refractivity contribution in [1.82, 2.24) is 4.98 Å². The highest BCUT2D eigenvalue weighted by Crippen LogP contribution is 2.25. The van der Waals surface area contributed by atoms with Gasteiger partial charge in [0.1, 0.15) is 6.07 Å². The molecule has 1 aromatic rings. The highest BCUT2D eigenvalue weighted by atomic mass is 32.2. The van der Waals surface area contributed by atoms with Crippen molar-refractivity contribution in [3.63, 3.8) is 0 Å². The molecule has 0 fully saturated rings. The second-order valence-electron chi connectivity index (χ2n) is 3.04. The number of hydrogen-bond acceptors (Lipinski definition) is 4. The van der Waals surface area contributed by atoms with E-state index in [9.17, 15) is 9.59 Å². The largest absolute Gasteiger partial charge is 0.481 e. The number of aromatic nitrogens is 1. The van der Waals surface area contributed by atoms with Crippen LogP contribution in [0.3, 0.4) is 0 Å². The van der Waals surface area contributed by atoms with Crippen molar-refractivity contribution in [3.05, 3.63) is 32.9 Å². The molecule has 0 atom stereocenters. The predicted octanol–water partition coefficient (Wildman–Crippen LogP) is 1.28. The minimum Gasteiger partial charge on any atom is -0.481 e. The Kier molecular flexibility index (Phi) is 3.91. The summed E-state index contributed by atoms with van der Waals surface area (Å²) in [7, 11) is 0. The molecule has 17 heavy (non-hydrogen) atoms. The standard InChI is InChI=1S/C10H7N3O3S/c1-5-6(3-11)10(17-4-7(14)15)13-9(16)8(5)12-2/h4H2,1H3,(H,13,16)(H,14,15). The van der Waals surface area contributed by atoms with Gasteiger partial charge in [-0.1, -0.05) is 11.8 Å². The lowest BCUT2D eigenvalue weighted by molar-refractivity contribution is -0.133. The number of hydrogen-bond donors (Lipinski definition) is 2. The van der Waals surface area contributed by atoms with Gasteiger partial charge in [0.05, 0.1) is 22.9 Å². The monoisotopic (exact) mass is 249 g/mol. The fourth-order valence-electron chi connectivity index (χ4n) is 1.20. The fourth-order valence-corrected chi connectivity index (χ4v) is 1.97. The summed E-state index contributed by atoms with van der Waals surface area (Å²) in [6.45, 7) is 8.32. The van der Waals surface area contributed by atoms with Crippen molar-refractivity contribution in [2.24, 2.45) is 0 Å². The van der Waals surface area contributed by atoms with E-state index < -0.39 is 11.5 Å². The highest BCUT2D eigenvalue weighted by molar-refractivity contribution is 7.99. The molecule has 7 heteroatoms. The number of nitrogens with one attached hydrogen (secondary N) is 1. The first kappa shape index (κ1) is 12.8. The maximum Gasteiger partial charge on any atom is 0.313 e. The second-order valence-corrected chi connectivity index (χ2v) is 4.02. The molecular formula is C10H7N3O3S. The smallest absolute Gasteiger partial charge is 0.313 e. The van der Waals surface area contributed by atoms with E-state index in [4.69, 9.17) is 16.9 Å². The molecule has 0 unspecified atom stereocenters. The fraction of sp³-hybridized carbons (Fsp3) is 0.200. The van der Waals surface area contributed by atoms with Gasteiger partial charge in [-0.05, 0) is 12.5 Å². The summed E-state index contributed by atoms with van der Waals surface area (Å²) in [4.78, 5) is 27.3. The summed E-state index contributed by atoms with van der Waals surface area (Å²) >= 11 is 0.847. The third kappa shape index (κ3) is 2.65. The first-order chi connectivity index (χ1) is 8.01. The van der Waals surface area contributed by atoms with Crippen LogP contribution in [0.2, 0.25) is 0 Å². The molecule has 2 N–H and O–H groups in total. The van der Waals surface area contributed by atoms with Gasteiger partial charge in [0.15, 0.2) is 0 Å². The SMILES string of the molecule is [C-]#[N+]c1c(C)c(C#N)c(SCC(=O)O)[nH]c1=O. The summed E-state index contributed by atoms with van der Waals surface area (Å²) < 4.78 is 0. The van der Waals surface area contributed by atoms with Gasteiger partial charge in [0.2, 0.25) is 0 Å². The van der Waals surface area contributed by atoms with Gasteiger partial charge in [0.25, 0.3) is 11.2 Å². The highest BCUT2D eigenvalue weighted by Gasteiger charge is 2.15. The number of carbonyl (C=O) groups is 1. The molecule has 0 aliphatic rings. The predicted molar refractivity (Wildman–Crippen MR) is 61.1 cm³/mol. The topological polar surface area (TPSA) is 98.3 Å². The molecule has 1 aromatic heterocycles. The summed E-state index contributed by atoms with van der Waals surface area (Å²) in [6.07, 6.45) is 0. The zero-order valence-electron chi connectivity index (χ0n) is 8.77. The maximum absolute atomic E-state index is 11.5. The van der Waals surface area contributed by atoms with Crippen molar-refractivity contribution in [2.45, 2.75) is 11.9 Å². The molecule has 0 radical (unpaired) electrons. The Morgan fingerprint density at radius 2 is 2.35 bits per heavy atom. The van der Waals surface area contributed by atoms with Crippen molar-refractivity contribution >= 4 is 23.4 Å². The molecular weight excluding hydrogens is 242 g/mol. The number of H-pyrrole nitrogens is 1. The molecule has 0 amide bonds. The third-order valence-electron chi connectivity index (χ3n) is 1.96. The number of aliphatic carboxylic acids is 1. The number of rotatable bonds is 3. The Hall–Kier alpha value is -2.25. The van der Waals surface area contributed by atoms with Crippen LogP contribution in [0.4, 0.5) is 5.69 Å². The normalized spacial score (nSPS) is 9.35. The molecule has 0 aliphatic carbocycles. The third-order valence-corrected chi connectivity index (χ3v) is 2.95. The van der Waals surface area contributed by atoms with Gasteiger partial charge in [-0.3, -0.25) is 9.59 Å².